The predicted molar refractivity (Wildman–Crippen MR) is 77.8 cm³/mol. The summed E-state index contributed by atoms with van der Waals surface area (Å²) in [4.78, 5) is 12.1. The molecule has 0 aromatic heterocycles. The van der Waals surface area contributed by atoms with Crippen molar-refractivity contribution in [2.45, 2.75) is 6.54 Å². The molecule has 3 rings (SSSR count). The van der Waals surface area contributed by atoms with Gasteiger partial charge in [0.1, 0.15) is 5.82 Å². The first-order valence-electron chi connectivity index (χ1n) is 6.25. The van der Waals surface area contributed by atoms with Gasteiger partial charge in [-0.1, -0.05) is 6.07 Å². The van der Waals surface area contributed by atoms with Crippen molar-refractivity contribution in [2.24, 2.45) is 0 Å². The number of amides is 1. The van der Waals surface area contributed by atoms with Gasteiger partial charge in [-0.15, -0.1) is 0 Å². The number of carbonyl (C=O) groups is 1. The standard InChI is InChI=1S/C15H11BrFNO3/c16-12-3-2-10(17)6-11(12)15(19)18-7-9-1-4-13-14(5-9)21-8-20-13/h1-6H,7-8H2,(H,18,19). The van der Waals surface area contributed by atoms with Crippen LogP contribution in [-0.2, 0) is 6.54 Å². The Balaban J connectivity index is 1.70. The van der Waals surface area contributed by atoms with Crippen LogP contribution in [-0.4, -0.2) is 12.7 Å². The van der Waals surface area contributed by atoms with Gasteiger partial charge in [0.05, 0.1) is 5.56 Å². The molecule has 0 fully saturated rings. The zero-order valence-corrected chi connectivity index (χ0v) is 12.4. The first-order valence-corrected chi connectivity index (χ1v) is 7.04. The van der Waals surface area contributed by atoms with Gasteiger partial charge in [0, 0.05) is 11.0 Å². The number of ether oxygens (including phenoxy) is 2. The summed E-state index contributed by atoms with van der Waals surface area (Å²) in [6, 6.07) is 9.43. The molecule has 21 heavy (non-hydrogen) atoms. The fourth-order valence-electron chi connectivity index (χ4n) is 2.00. The van der Waals surface area contributed by atoms with Crippen LogP contribution in [0.5, 0.6) is 11.5 Å². The Bertz CT molecular complexity index is 705. The average molecular weight is 352 g/mol. The Morgan fingerprint density at radius 1 is 1.19 bits per heavy atom. The van der Waals surface area contributed by atoms with Crippen LogP contribution in [0.3, 0.4) is 0 Å². The highest BCUT2D eigenvalue weighted by molar-refractivity contribution is 9.10. The maximum absolute atomic E-state index is 13.2. The van der Waals surface area contributed by atoms with Crippen LogP contribution >= 0.6 is 15.9 Å². The van der Waals surface area contributed by atoms with Gasteiger partial charge in [0.2, 0.25) is 6.79 Å². The lowest BCUT2D eigenvalue weighted by molar-refractivity contribution is 0.0949. The van der Waals surface area contributed by atoms with Crippen LogP contribution in [0.2, 0.25) is 0 Å². The van der Waals surface area contributed by atoms with Crippen molar-refractivity contribution < 1.29 is 18.7 Å². The minimum Gasteiger partial charge on any atom is -0.454 e. The molecule has 108 valence electrons. The lowest BCUT2D eigenvalue weighted by atomic mass is 10.1. The van der Waals surface area contributed by atoms with Crippen LogP contribution in [0, 0.1) is 5.82 Å². The highest BCUT2D eigenvalue weighted by Crippen LogP contribution is 2.32. The van der Waals surface area contributed by atoms with Gasteiger partial charge in [0.15, 0.2) is 11.5 Å². The van der Waals surface area contributed by atoms with Crippen LogP contribution in [0.25, 0.3) is 0 Å². The summed E-state index contributed by atoms with van der Waals surface area (Å²) in [5.41, 5.74) is 1.14. The van der Waals surface area contributed by atoms with Gasteiger partial charge < -0.3 is 14.8 Å². The maximum atomic E-state index is 13.2. The van der Waals surface area contributed by atoms with E-state index in [0.29, 0.717) is 22.5 Å². The Labute approximate surface area is 129 Å². The van der Waals surface area contributed by atoms with Crippen molar-refractivity contribution >= 4 is 21.8 Å². The Morgan fingerprint density at radius 3 is 2.86 bits per heavy atom. The highest BCUT2D eigenvalue weighted by Gasteiger charge is 2.14. The molecule has 1 amide bonds. The van der Waals surface area contributed by atoms with Crippen LogP contribution in [0.4, 0.5) is 4.39 Å². The fourth-order valence-corrected chi connectivity index (χ4v) is 2.43. The molecule has 1 heterocycles. The molecule has 6 heteroatoms. The topological polar surface area (TPSA) is 47.6 Å². The summed E-state index contributed by atoms with van der Waals surface area (Å²) < 4.78 is 24.2. The van der Waals surface area contributed by atoms with Crippen molar-refractivity contribution in [1.29, 1.82) is 0 Å². The van der Waals surface area contributed by atoms with E-state index in [0.717, 1.165) is 5.56 Å². The van der Waals surface area contributed by atoms with Gasteiger partial charge in [-0.25, -0.2) is 4.39 Å². The average Bonchev–Trinajstić information content (AvgIpc) is 2.94. The van der Waals surface area contributed by atoms with Gasteiger partial charge in [-0.2, -0.15) is 0 Å². The van der Waals surface area contributed by atoms with E-state index in [-0.39, 0.29) is 18.3 Å². The minimum absolute atomic E-state index is 0.210. The Kier molecular flexibility index (Phi) is 3.79. The molecule has 2 aromatic rings. The monoisotopic (exact) mass is 351 g/mol. The highest BCUT2D eigenvalue weighted by atomic mass is 79.9. The van der Waals surface area contributed by atoms with Crippen LogP contribution < -0.4 is 14.8 Å². The second-order valence-corrected chi connectivity index (χ2v) is 5.35. The number of carbonyl (C=O) groups excluding carboxylic acids is 1. The molecule has 0 unspecified atom stereocenters. The third-order valence-corrected chi connectivity index (χ3v) is 3.75. The van der Waals surface area contributed by atoms with E-state index < -0.39 is 5.82 Å². The molecular weight excluding hydrogens is 341 g/mol. The second kappa shape index (κ2) is 5.73. The van der Waals surface area contributed by atoms with Crippen LogP contribution in [0.15, 0.2) is 40.9 Å². The molecule has 0 radical (unpaired) electrons. The number of hydrogen-bond acceptors (Lipinski definition) is 3. The summed E-state index contributed by atoms with van der Waals surface area (Å²) in [6.45, 7) is 0.528. The molecule has 0 saturated carbocycles. The van der Waals surface area contributed by atoms with E-state index in [1.54, 1.807) is 6.07 Å². The van der Waals surface area contributed by atoms with E-state index in [1.807, 2.05) is 12.1 Å². The van der Waals surface area contributed by atoms with Gasteiger partial charge in [-0.05, 0) is 51.8 Å². The molecule has 0 saturated heterocycles. The van der Waals surface area contributed by atoms with Crippen molar-refractivity contribution in [1.82, 2.24) is 5.32 Å². The van der Waals surface area contributed by atoms with Gasteiger partial charge >= 0.3 is 0 Å². The van der Waals surface area contributed by atoms with E-state index in [9.17, 15) is 9.18 Å². The lowest BCUT2D eigenvalue weighted by Gasteiger charge is -2.08. The normalized spacial score (nSPS) is 12.3. The predicted octanol–water partition coefficient (Wildman–Crippen LogP) is 3.25. The van der Waals surface area contributed by atoms with Crippen molar-refractivity contribution in [3.63, 3.8) is 0 Å². The van der Waals surface area contributed by atoms with E-state index in [1.165, 1.54) is 18.2 Å². The first kappa shape index (κ1) is 13.9. The zero-order valence-electron chi connectivity index (χ0n) is 10.9. The zero-order chi connectivity index (χ0) is 14.8. The lowest BCUT2D eigenvalue weighted by Crippen LogP contribution is -2.23. The van der Waals surface area contributed by atoms with Crippen LogP contribution in [0.1, 0.15) is 15.9 Å². The molecule has 4 nitrogen and oxygen atoms in total. The third kappa shape index (κ3) is 3.00. The smallest absolute Gasteiger partial charge is 0.252 e. The number of benzene rings is 2. The van der Waals surface area contributed by atoms with Gasteiger partial charge in [-0.3, -0.25) is 4.79 Å². The summed E-state index contributed by atoms with van der Waals surface area (Å²) in [6.07, 6.45) is 0. The SMILES string of the molecule is O=C(NCc1ccc2c(c1)OCO2)c1cc(F)ccc1Br. The quantitative estimate of drug-likeness (QED) is 0.923. The molecule has 2 aromatic carbocycles. The molecule has 1 N–H and O–H groups in total. The number of rotatable bonds is 3. The first-order chi connectivity index (χ1) is 10.1. The van der Waals surface area contributed by atoms with Crippen molar-refractivity contribution in [3.05, 3.63) is 57.8 Å². The number of halogens is 2. The largest absolute Gasteiger partial charge is 0.454 e. The second-order valence-electron chi connectivity index (χ2n) is 4.49. The molecule has 0 spiro atoms. The minimum atomic E-state index is -0.452. The van der Waals surface area contributed by atoms with E-state index >= 15 is 0 Å². The molecule has 0 atom stereocenters. The van der Waals surface area contributed by atoms with E-state index in [2.05, 4.69) is 21.2 Å². The molecule has 0 bridgehead atoms. The summed E-state index contributed by atoms with van der Waals surface area (Å²) in [5, 5.41) is 2.74. The van der Waals surface area contributed by atoms with Crippen molar-refractivity contribution in [2.75, 3.05) is 6.79 Å². The number of fused-ring (bicyclic) bond motifs is 1. The van der Waals surface area contributed by atoms with Gasteiger partial charge in [0.25, 0.3) is 5.91 Å². The fraction of sp³-hybridized carbons (Fsp3) is 0.133. The van der Waals surface area contributed by atoms with E-state index in [4.69, 9.17) is 9.47 Å². The molecule has 0 aliphatic carbocycles. The molecule has 1 aliphatic rings. The summed E-state index contributed by atoms with van der Waals surface area (Å²) >= 11 is 3.23. The third-order valence-electron chi connectivity index (χ3n) is 3.06. The summed E-state index contributed by atoms with van der Waals surface area (Å²) in [5.74, 6) is 0.553. The molecular formula is C15H11BrFNO3. The maximum Gasteiger partial charge on any atom is 0.252 e. The Morgan fingerprint density at radius 2 is 2.00 bits per heavy atom. The number of nitrogens with one attached hydrogen (secondary N) is 1. The van der Waals surface area contributed by atoms with Crippen molar-refractivity contribution in [3.8, 4) is 11.5 Å². The molecule has 1 aliphatic heterocycles. The number of hydrogen-bond donors (Lipinski definition) is 1. The summed E-state index contributed by atoms with van der Waals surface area (Å²) in [7, 11) is 0. The Hall–Kier alpha value is -2.08.